The molecule has 0 unspecified atom stereocenters. The average molecular weight is 491 g/mol. The summed E-state index contributed by atoms with van der Waals surface area (Å²) in [4.78, 5) is 37.6. The predicted molar refractivity (Wildman–Crippen MR) is 135 cm³/mol. The maximum atomic E-state index is 13.8. The van der Waals surface area contributed by atoms with Crippen LogP contribution in [-0.4, -0.2) is 32.8 Å². The summed E-state index contributed by atoms with van der Waals surface area (Å²) in [5.41, 5.74) is 3.77. The third-order valence-electron chi connectivity index (χ3n) is 6.08. The highest BCUT2D eigenvalue weighted by atomic mass is 19.1. The van der Waals surface area contributed by atoms with Crippen LogP contribution >= 0.6 is 0 Å². The van der Waals surface area contributed by atoms with Crippen LogP contribution in [0.4, 0.5) is 10.1 Å². The highest BCUT2D eigenvalue weighted by Crippen LogP contribution is 2.26. The van der Waals surface area contributed by atoms with Crippen LogP contribution in [0.25, 0.3) is 16.7 Å². The number of nitrogens with zero attached hydrogens (tertiary/aromatic N) is 3. The second-order valence-electron chi connectivity index (χ2n) is 8.49. The molecule has 0 fully saturated rings. The van der Waals surface area contributed by atoms with E-state index in [-0.39, 0.29) is 30.9 Å². The zero-order valence-corrected chi connectivity index (χ0v) is 20.6. The summed E-state index contributed by atoms with van der Waals surface area (Å²) in [5, 5.41) is 8.15. The van der Waals surface area contributed by atoms with Gasteiger partial charge in [-0.25, -0.2) is 13.9 Å². The number of rotatable bonds is 7. The molecule has 8 nitrogen and oxygen atoms in total. The van der Waals surface area contributed by atoms with Gasteiger partial charge >= 0.3 is 5.97 Å². The van der Waals surface area contributed by atoms with E-state index in [1.54, 1.807) is 55.1 Å². The summed E-state index contributed by atoms with van der Waals surface area (Å²) in [5.74, 6) is -1.07. The number of amides is 1. The topological polar surface area (TPSA) is 95.2 Å². The molecule has 2 aromatic carbocycles. The van der Waals surface area contributed by atoms with Crippen LogP contribution < -0.4 is 10.9 Å². The van der Waals surface area contributed by atoms with Gasteiger partial charge in [-0.1, -0.05) is 6.07 Å². The van der Waals surface area contributed by atoms with E-state index in [0.717, 1.165) is 10.9 Å². The van der Waals surface area contributed by atoms with Crippen molar-refractivity contribution >= 4 is 28.6 Å². The maximum Gasteiger partial charge on any atom is 0.338 e. The highest BCUT2D eigenvalue weighted by molar-refractivity contribution is 5.93. The predicted octanol–water partition coefficient (Wildman–Crippen LogP) is 4.23. The number of fused-ring (bicyclic) bond motifs is 1. The van der Waals surface area contributed by atoms with Gasteiger partial charge < -0.3 is 10.1 Å². The number of carbonyl (C=O) groups excluding carboxylic acids is 2. The number of pyridine rings is 1. The minimum atomic E-state index is -0.423. The molecule has 0 saturated heterocycles. The van der Waals surface area contributed by atoms with Crippen LogP contribution in [0, 0.1) is 19.7 Å². The molecule has 0 aliphatic rings. The quantitative estimate of drug-likeness (QED) is 0.391. The number of hydrogen-bond donors (Lipinski definition) is 1. The van der Waals surface area contributed by atoms with Gasteiger partial charge in [-0.05, 0) is 75.2 Å². The SMILES string of the molecule is CCOC(=O)c1ccc(NC(=O)CCc2c(C)c3c(C)nn(-c4cccc(F)c4)c3n(C)c2=O)cc1. The van der Waals surface area contributed by atoms with Gasteiger partial charge in [0.25, 0.3) is 5.56 Å². The Morgan fingerprint density at radius 1 is 1.11 bits per heavy atom. The van der Waals surface area contributed by atoms with Crippen LogP contribution in [0.1, 0.15) is 40.5 Å². The summed E-state index contributed by atoms with van der Waals surface area (Å²) >= 11 is 0. The maximum absolute atomic E-state index is 13.8. The van der Waals surface area contributed by atoms with E-state index in [2.05, 4.69) is 10.4 Å². The number of benzene rings is 2. The van der Waals surface area contributed by atoms with Crippen LogP contribution in [0.5, 0.6) is 0 Å². The first-order valence-electron chi connectivity index (χ1n) is 11.6. The summed E-state index contributed by atoms with van der Waals surface area (Å²) in [6.45, 7) is 5.70. The second-order valence-corrected chi connectivity index (χ2v) is 8.49. The van der Waals surface area contributed by atoms with Gasteiger partial charge in [0.15, 0.2) is 0 Å². The van der Waals surface area contributed by atoms with E-state index in [4.69, 9.17) is 4.74 Å². The van der Waals surface area contributed by atoms with Crippen molar-refractivity contribution in [3.05, 3.63) is 87.1 Å². The van der Waals surface area contributed by atoms with Crippen molar-refractivity contribution < 1.29 is 18.7 Å². The standard InChI is InChI=1S/C27H27FN4O4/c1-5-36-27(35)18-9-11-20(12-10-18)29-23(33)14-13-22-16(2)24-17(3)30-32(25(24)31(4)26(22)34)21-8-6-7-19(28)15-21/h6-12,15H,5,13-14H2,1-4H3,(H,29,33). The Hall–Kier alpha value is -4.27. The number of anilines is 1. The van der Waals surface area contributed by atoms with Crippen molar-refractivity contribution in [3.8, 4) is 5.69 Å². The lowest BCUT2D eigenvalue weighted by Gasteiger charge is -2.13. The summed E-state index contributed by atoms with van der Waals surface area (Å²) in [6, 6.07) is 12.5. The van der Waals surface area contributed by atoms with Crippen LogP contribution in [0.3, 0.4) is 0 Å². The summed E-state index contributed by atoms with van der Waals surface area (Å²) < 4.78 is 21.9. The third-order valence-corrected chi connectivity index (χ3v) is 6.08. The third kappa shape index (κ3) is 4.77. The van der Waals surface area contributed by atoms with E-state index in [9.17, 15) is 18.8 Å². The second kappa shape index (κ2) is 10.2. The molecule has 0 saturated carbocycles. The van der Waals surface area contributed by atoms with Gasteiger partial charge in [-0.3, -0.25) is 14.2 Å². The zero-order valence-electron chi connectivity index (χ0n) is 20.6. The number of esters is 1. The van der Waals surface area contributed by atoms with E-state index in [1.165, 1.54) is 16.7 Å². The number of halogens is 1. The van der Waals surface area contributed by atoms with Gasteiger partial charge in [-0.15, -0.1) is 0 Å². The molecule has 0 atom stereocenters. The van der Waals surface area contributed by atoms with Gasteiger partial charge in [0.2, 0.25) is 5.91 Å². The molecule has 186 valence electrons. The number of hydrogen-bond acceptors (Lipinski definition) is 5. The van der Waals surface area contributed by atoms with Crippen molar-refractivity contribution in [2.45, 2.75) is 33.6 Å². The molecule has 0 spiro atoms. The fourth-order valence-corrected chi connectivity index (χ4v) is 4.32. The molecule has 0 aliphatic heterocycles. The minimum absolute atomic E-state index is 0.0955. The molecule has 1 amide bonds. The van der Waals surface area contributed by atoms with E-state index in [1.807, 2.05) is 13.8 Å². The molecule has 2 heterocycles. The molecule has 2 aromatic heterocycles. The number of ether oxygens (including phenoxy) is 1. The van der Waals surface area contributed by atoms with Gasteiger partial charge in [0, 0.05) is 30.1 Å². The Morgan fingerprint density at radius 3 is 2.50 bits per heavy atom. The molecular formula is C27H27FN4O4. The first kappa shape index (κ1) is 24.8. The Kier molecular flexibility index (Phi) is 7.00. The van der Waals surface area contributed by atoms with Crippen LogP contribution in [0.15, 0.2) is 53.3 Å². The highest BCUT2D eigenvalue weighted by Gasteiger charge is 2.20. The number of aryl methyl sites for hydroxylation is 3. The monoisotopic (exact) mass is 490 g/mol. The molecule has 4 rings (SSSR count). The van der Waals surface area contributed by atoms with E-state index >= 15 is 0 Å². The zero-order chi connectivity index (χ0) is 26.0. The first-order chi connectivity index (χ1) is 17.2. The molecule has 0 radical (unpaired) electrons. The Morgan fingerprint density at radius 2 is 1.83 bits per heavy atom. The van der Waals surface area contributed by atoms with E-state index in [0.29, 0.717) is 33.8 Å². The van der Waals surface area contributed by atoms with Crippen molar-refractivity contribution in [2.75, 3.05) is 11.9 Å². The van der Waals surface area contributed by atoms with Crippen molar-refractivity contribution in [1.82, 2.24) is 14.3 Å². The van der Waals surface area contributed by atoms with Crippen molar-refractivity contribution in [1.29, 1.82) is 0 Å². The van der Waals surface area contributed by atoms with Crippen molar-refractivity contribution in [3.63, 3.8) is 0 Å². The molecule has 9 heteroatoms. The normalized spacial score (nSPS) is 11.0. The lowest BCUT2D eigenvalue weighted by Crippen LogP contribution is -2.25. The van der Waals surface area contributed by atoms with Gasteiger partial charge in [0.05, 0.1) is 23.6 Å². The minimum Gasteiger partial charge on any atom is -0.462 e. The van der Waals surface area contributed by atoms with Crippen LogP contribution in [-0.2, 0) is 23.0 Å². The Bertz CT molecular complexity index is 1520. The lowest BCUT2D eigenvalue weighted by atomic mass is 10.0. The summed E-state index contributed by atoms with van der Waals surface area (Å²) in [6.07, 6.45) is 0.337. The molecule has 0 aliphatic carbocycles. The molecule has 0 bridgehead atoms. The van der Waals surface area contributed by atoms with E-state index < -0.39 is 11.8 Å². The van der Waals surface area contributed by atoms with Gasteiger partial charge in [-0.2, -0.15) is 5.10 Å². The molecular weight excluding hydrogens is 463 g/mol. The summed E-state index contributed by atoms with van der Waals surface area (Å²) in [7, 11) is 1.65. The molecule has 1 N–H and O–H groups in total. The number of nitrogens with one attached hydrogen (secondary N) is 1. The molecule has 4 aromatic rings. The fourth-order valence-electron chi connectivity index (χ4n) is 4.32. The average Bonchev–Trinajstić information content (AvgIpc) is 3.20. The number of aromatic nitrogens is 3. The van der Waals surface area contributed by atoms with Crippen molar-refractivity contribution in [2.24, 2.45) is 7.05 Å². The first-order valence-corrected chi connectivity index (χ1v) is 11.6. The number of carbonyl (C=O) groups is 2. The fraction of sp³-hybridized carbons (Fsp3) is 0.259. The lowest BCUT2D eigenvalue weighted by molar-refractivity contribution is -0.116. The molecule has 36 heavy (non-hydrogen) atoms. The largest absolute Gasteiger partial charge is 0.462 e. The smallest absolute Gasteiger partial charge is 0.338 e. The Labute approximate surface area is 207 Å². The van der Waals surface area contributed by atoms with Gasteiger partial charge in [0.1, 0.15) is 11.5 Å². The van der Waals surface area contributed by atoms with Crippen LogP contribution in [0.2, 0.25) is 0 Å². The Balaban J connectivity index is 1.56.